The highest BCUT2D eigenvalue weighted by molar-refractivity contribution is 8.56. The van der Waals surface area contributed by atoms with Crippen LogP contribution in [-0.4, -0.2) is 41.0 Å². The molecule has 0 aliphatic rings. The van der Waals surface area contributed by atoms with Gasteiger partial charge in [0, 0.05) is 30.0 Å². The Hall–Kier alpha value is 0.500. The summed E-state index contributed by atoms with van der Waals surface area (Å²) in [6.45, 7) is 15.3. The summed E-state index contributed by atoms with van der Waals surface area (Å²) in [7, 11) is 0. The summed E-state index contributed by atoms with van der Waals surface area (Å²) < 4.78 is 18.8. The maximum absolute atomic E-state index is 12.9. The van der Waals surface area contributed by atoms with Gasteiger partial charge in [-0.2, -0.15) is 0 Å². The summed E-state index contributed by atoms with van der Waals surface area (Å²) in [4.78, 5) is 2.43. The largest absolute Gasteiger partial charge is 0.318 e. The maximum atomic E-state index is 12.9. The van der Waals surface area contributed by atoms with Gasteiger partial charge in [0.2, 0.25) is 0 Å². The molecule has 0 aromatic rings. The van der Waals surface area contributed by atoms with Crippen molar-refractivity contribution in [3.63, 3.8) is 0 Å². The summed E-state index contributed by atoms with van der Waals surface area (Å²) in [5, 5.41) is 0. The van der Waals surface area contributed by atoms with E-state index in [4.69, 9.17) is 4.52 Å². The van der Waals surface area contributed by atoms with Gasteiger partial charge in [-0.15, -0.1) is 0 Å². The van der Waals surface area contributed by atoms with Crippen molar-refractivity contribution in [2.75, 3.05) is 12.3 Å². The first-order chi connectivity index (χ1) is 9.14. The molecule has 0 aliphatic carbocycles. The molecular formula is C15H34NO2PS. The van der Waals surface area contributed by atoms with Crippen molar-refractivity contribution in [3.05, 3.63) is 0 Å². The molecule has 0 rings (SSSR count). The first kappa shape index (κ1) is 20.5. The van der Waals surface area contributed by atoms with E-state index in [0.29, 0.717) is 12.1 Å². The van der Waals surface area contributed by atoms with Crippen molar-refractivity contribution >= 4 is 18.0 Å². The highest BCUT2D eigenvalue weighted by Gasteiger charge is 2.30. The molecule has 0 aromatic heterocycles. The lowest BCUT2D eigenvalue weighted by Gasteiger charge is -2.31. The topological polar surface area (TPSA) is 29.5 Å². The predicted octanol–water partition coefficient (Wildman–Crippen LogP) is 5.26. The molecule has 0 saturated carbocycles. The molecule has 0 amide bonds. The van der Waals surface area contributed by atoms with Crippen molar-refractivity contribution in [2.24, 2.45) is 0 Å². The van der Waals surface area contributed by atoms with Crippen LogP contribution in [0.25, 0.3) is 0 Å². The molecular weight excluding hydrogens is 289 g/mol. The first-order valence-corrected chi connectivity index (χ1v) is 11.1. The number of hydrogen-bond acceptors (Lipinski definition) is 4. The fourth-order valence-electron chi connectivity index (χ4n) is 2.01. The third kappa shape index (κ3) is 6.98. The van der Waals surface area contributed by atoms with Gasteiger partial charge in [-0.1, -0.05) is 32.2 Å². The molecule has 5 heteroatoms. The van der Waals surface area contributed by atoms with E-state index in [2.05, 4.69) is 39.5 Å². The Morgan fingerprint density at radius 2 is 1.55 bits per heavy atom. The second kappa shape index (κ2) is 9.50. The van der Waals surface area contributed by atoms with E-state index >= 15 is 0 Å². The smallest absolute Gasteiger partial charge is 0.260 e. The molecule has 0 aliphatic heterocycles. The highest BCUT2D eigenvalue weighted by Crippen LogP contribution is 2.64. The Morgan fingerprint density at radius 3 is 1.90 bits per heavy atom. The number of rotatable bonds is 10. The Kier molecular flexibility index (Phi) is 9.74. The lowest BCUT2D eigenvalue weighted by atomic mass is 10.2. The third-order valence-corrected chi connectivity index (χ3v) is 9.28. The molecule has 0 bridgehead atoms. The van der Waals surface area contributed by atoms with Gasteiger partial charge in [-0.05, 0) is 41.0 Å². The summed E-state index contributed by atoms with van der Waals surface area (Å²) in [5.74, 6) is 0.863. The summed E-state index contributed by atoms with van der Waals surface area (Å²) >= 11 is 1.53. The Bertz CT molecular complexity index is 300. The normalized spacial score (nSPS) is 17.2. The summed E-state index contributed by atoms with van der Waals surface area (Å²) in [6.07, 6.45) is 0.975. The molecule has 0 radical (unpaired) electrons. The second-order valence-corrected chi connectivity index (χ2v) is 11.5. The molecule has 0 spiro atoms. The van der Waals surface area contributed by atoms with Crippen LogP contribution in [0.5, 0.6) is 0 Å². The SMILES string of the molecule is CCC(C)OP(=O)(SCCN(C(C)C)C(C)C)C(C)C. The zero-order valence-electron chi connectivity index (χ0n) is 14.5. The van der Waals surface area contributed by atoms with E-state index in [0.717, 1.165) is 18.7 Å². The van der Waals surface area contributed by atoms with E-state index in [1.807, 2.05) is 20.8 Å². The molecule has 122 valence electrons. The van der Waals surface area contributed by atoms with Crippen molar-refractivity contribution in [1.82, 2.24) is 4.90 Å². The molecule has 2 atom stereocenters. The van der Waals surface area contributed by atoms with Gasteiger partial charge in [0.15, 0.2) is 0 Å². The van der Waals surface area contributed by atoms with Crippen molar-refractivity contribution in [3.8, 4) is 0 Å². The minimum absolute atomic E-state index is 0.0713. The van der Waals surface area contributed by atoms with E-state index in [-0.39, 0.29) is 11.8 Å². The first-order valence-electron chi connectivity index (χ1n) is 7.82. The third-order valence-electron chi connectivity index (χ3n) is 3.48. The van der Waals surface area contributed by atoms with Crippen LogP contribution in [0.2, 0.25) is 0 Å². The Morgan fingerprint density at radius 1 is 1.05 bits per heavy atom. The van der Waals surface area contributed by atoms with Crippen LogP contribution >= 0.6 is 18.0 Å². The fraction of sp³-hybridized carbons (Fsp3) is 1.00. The van der Waals surface area contributed by atoms with Gasteiger partial charge in [0.05, 0.1) is 6.10 Å². The minimum atomic E-state index is -2.59. The van der Waals surface area contributed by atoms with Crippen molar-refractivity contribution < 1.29 is 9.09 Å². The quantitative estimate of drug-likeness (QED) is 0.513. The van der Waals surface area contributed by atoms with Crippen LogP contribution in [0.3, 0.4) is 0 Å². The van der Waals surface area contributed by atoms with Gasteiger partial charge in [-0.25, -0.2) is 0 Å². The maximum Gasteiger partial charge on any atom is 0.260 e. The Balaban J connectivity index is 4.52. The molecule has 2 unspecified atom stereocenters. The molecule has 0 N–H and O–H groups in total. The predicted molar refractivity (Wildman–Crippen MR) is 93.0 cm³/mol. The lowest BCUT2D eigenvalue weighted by Crippen LogP contribution is -2.38. The number of nitrogens with zero attached hydrogens (tertiary/aromatic N) is 1. The van der Waals surface area contributed by atoms with Crippen LogP contribution in [0.15, 0.2) is 0 Å². The molecule has 0 aromatic carbocycles. The van der Waals surface area contributed by atoms with E-state index in [9.17, 15) is 4.57 Å². The zero-order chi connectivity index (χ0) is 15.9. The van der Waals surface area contributed by atoms with Crippen LogP contribution in [0.4, 0.5) is 0 Å². The van der Waals surface area contributed by atoms with Crippen LogP contribution in [0.1, 0.15) is 61.8 Å². The van der Waals surface area contributed by atoms with Crippen LogP contribution in [0, 0.1) is 0 Å². The monoisotopic (exact) mass is 323 g/mol. The van der Waals surface area contributed by atoms with Crippen molar-refractivity contribution in [1.29, 1.82) is 0 Å². The molecule has 3 nitrogen and oxygen atoms in total. The zero-order valence-corrected chi connectivity index (χ0v) is 16.3. The average Bonchev–Trinajstić information content (AvgIpc) is 2.33. The van der Waals surface area contributed by atoms with E-state index in [1.54, 1.807) is 0 Å². The number of hydrogen-bond donors (Lipinski definition) is 0. The van der Waals surface area contributed by atoms with Crippen LogP contribution < -0.4 is 0 Å². The molecule has 20 heavy (non-hydrogen) atoms. The standard InChI is InChI=1S/C15H34NO2PS/c1-9-15(8)18-19(17,14(6)7)20-11-10-16(12(2)3)13(4)5/h12-15H,9-11H2,1-8H3. The molecule has 0 saturated heterocycles. The van der Waals surface area contributed by atoms with Crippen LogP contribution in [-0.2, 0) is 9.09 Å². The van der Waals surface area contributed by atoms with Gasteiger partial charge in [0.1, 0.15) is 0 Å². The molecule has 0 fully saturated rings. The summed E-state index contributed by atoms with van der Waals surface area (Å²) in [5.41, 5.74) is 0.0769. The van der Waals surface area contributed by atoms with Gasteiger partial charge in [0.25, 0.3) is 6.57 Å². The van der Waals surface area contributed by atoms with Gasteiger partial charge in [-0.3, -0.25) is 9.46 Å². The van der Waals surface area contributed by atoms with Crippen molar-refractivity contribution in [2.45, 2.75) is 85.7 Å². The summed E-state index contributed by atoms with van der Waals surface area (Å²) in [6, 6.07) is 1.04. The lowest BCUT2D eigenvalue weighted by molar-refractivity contribution is 0.187. The fourth-order valence-corrected chi connectivity index (χ4v) is 6.34. The Labute approximate surface area is 130 Å². The van der Waals surface area contributed by atoms with Gasteiger partial charge < -0.3 is 4.52 Å². The average molecular weight is 323 g/mol. The second-order valence-electron chi connectivity index (χ2n) is 6.22. The highest BCUT2D eigenvalue weighted by atomic mass is 32.7. The van der Waals surface area contributed by atoms with E-state index < -0.39 is 6.57 Å². The molecule has 0 heterocycles. The van der Waals surface area contributed by atoms with Gasteiger partial charge >= 0.3 is 0 Å². The minimum Gasteiger partial charge on any atom is -0.318 e. The van der Waals surface area contributed by atoms with E-state index in [1.165, 1.54) is 11.4 Å².